The molecule has 0 spiro atoms. The highest BCUT2D eigenvalue weighted by atomic mass is 35.5. The molecule has 0 bridgehead atoms. The van der Waals surface area contributed by atoms with E-state index < -0.39 is 0 Å². The Bertz CT molecular complexity index is 971. The van der Waals surface area contributed by atoms with Crippen LogP contribution in [0.3, 0.4) is 0 Å². The maximum Gasteiger partial charge on any atom is 0.256 e. The molecule has 5 nitrogen and oxygen atoms in total. The number of carbonyl (C=O) groups excluding carboxylic acids is 1. The minimum Gasteiger partial charge on any atom is -0.329 e. The molecule has 1 aliphatic rings. The molecule has 1 unspecified atom stereocenters. The molecule has 148 valence electrons. The van der Waals surface area contributed by atoms with E-state index in [9.17, 15) is 9.18 Å². The number of carbonyl (C=O) groups is 1. The van der Waals surface area contributed by atoms with Gasteiger partial charge in [0.1, 0.15) is 5.82 Å². The molecule has 0 saturated carbocycles. The number of halogens is 3. The van der Waals surface area contributed by atoms with Crippen LogP contribution in [0.5, 0.6) is 0 Å². The fourth-order valence-electron chi connectivity index (χ4n) is 3.43. The minimum absolute atomic E-state index is 0. The summed E-state index contributed by atoms with van der Waals surface area (Å²) < 4.78 is 13.4. The van der Waals surface area contributed by atoms with Crippen LogP contribution >= 0.6 is 24.8 Å². The van der Waals surface area contributed by atoms with E-state index in [1.165, 1.54) is 12.1 Å². The smallest absolute Gasteiger partial charge is 0.256 e. The molecule has 3 heterocycles. The SMILES string of the molecule is Cc1nc2cc(F)ccc2cc1C(=O)N1CCNCC1c1cccnc1.Cl.Cl. The molecule has 3 aromatic rings. The van der Waals surface area contributed by atoms with E-state index in [-0.39, 0.29) is 42.6 Å². The Balaban J connectivity index is 0.00000140. The van der Waals surface area contributed by atoms with Crippen LogP contribution < -0.4 is 5.32 Å². The van der Waals surface area contributed by atoms with Crippen molar-refractivity contribution in [3.8, 4) is 0 Å². The number of fused-ring (bicyclic) bond motifs is 1. The van der Waals surface area contributed by atoms with E-state index >= 15 is 0 Å². The summed E-state index contributed by atoms with van der Waals surface area (Å²) in [5.41, 5.74) is 2.72. The number of rotatable bonds is 2. The van der Waals surface area contributed by atoms with Gasteiger partial charge in [0, 0.05) is 43.5 Å². The van der Waals surface area contributed by atoms with Gasteiger partial charge in [0.05, 0.1) is 22.8 Å². The second-order valence-electron chi connectivity index (χ2n) is 6.46. The van der Waals surface area contributed by atoms with E-state index in [0.717, 1.165) is 17.5 Å². The third-order valence-electron chi connectivity index (χ3n) is 4.77. The highest BCUT2D eigenvalue weighted by Gasteiger charge is 2.29. The van der Waals surface area contributed by atoms with Crippen molar-refractivity contribution in [1.29, 1.82) is 0 Å². The molecule has 1 atom stereocenters. The van der Waals surface area contributed by atoms with Crippen molar-refractivity contribution < 1.29 is 9.18 Å². The molecule has 1 fully saturated rings. The first-order valence-corrected chi connectivity index (χ1v) is 8.62. The molecular formula is C20H21Cl2FN4O. The zero-order valence-corrected chi connectivity index (χ0v) is 16.9. The van der Waals surface area contributed by atoms with Gasteiger partial charge >= 0.3 is 0 Å². The lowest BCUT2D eigenvalue weighted by molar-refractivity contribution is 0.0633. The van der Waals surface area contributed by atoms with Gasteiger partial charge in [0.15, 0.2) is 0 Å². The highest BCUT2D eigenvalue weighted by molar-refractivity contribution is 5.99. The van der Waals surface area contributed by atoms with Gasteiger partial charge in [-0.25, -0.2) is 4.39 Å². The van der Waals surface area contributed by atoms with Crippen LogP contribution in [0.1, 0.15) is 27.7 Å². The second-order valence-corrected chi connectivity index (χ2v) is 6.46. The average molecular weight is 423 g/mol. The van der Waals surface area contributed by atoms with Crippen LogP contribution in [0.15, 0.2) is 48.8 Å². The molecule has 1 N–H and O–H groups in total. The Morgan fingerprint density at radius 3 is 2.82 bits per heavy atom. The van der Waals surface area contributed by atoms with Crippen LogP contribution in [0.25, 0.3) is 10.9 Å². The number of nitrogens with zero attached hydrogens (tertiary/aromatic N) is 3. The van der Waals surface area contributed by atoms with E-state index in [2.05, 4.69) is 15.3 Å². The number of hydrogen-bond acceptors (Lipinski definition) is 4. The van der Waals surface area contributed by atoms with E-state index in [1.54, 1.807) is 25.4 Å². The lowest BCUT2D eigenvalue weighted by atomic mass is 10.0. The predicted octanol–water partition coefficient (Wildman–Crippen LogP) is 3.71. The molecule has 4 rings (SSSR count). The first kappa shape index (κ1) is 22.0. The van der Waals surface area contributed by atoms with Crippen LogP contribution in [0.4, 0.5) is 4.39 Å². The number of benzene rings is 1. The number of aromatic nitrogens is 2. The summed E-state index contributed by atoms with van der Waals surface area (Å²) in [6, 6.07) is 10.0. The molecule has 1 aliphatic heterocycles. The number of aryl methyl sites for hydroxylation is 1. The molecule has 28 heavy (non-hydrogen) atoms. The summed E-state index contributed by atoms with van der Waals surface area (Å²) in [6.07, 6.45) is 3.52. The molecule has 2 aromatic heterocycles. The van der Waals surface area contributed by atoms with Crippen LogP contribution in [0.2, 0.25) is 0 Å². The lowest BCUT2D eigenvalue weighted by Gasteiger charge is -2.36. The van der Waals surface area contributed by atoms with E-state index in [0.29, 0.717) is 29.9 Å². The maximum atomic E-state index is 13.4. The van der Waals surface area contributed by atoms with Crippen LogP contribution in [-0.4, -0.2) is 40.4 Å². The van der Waals surface area contributed by atoms with Crippen molar-refractivity contribution in [2.24, 2.45) is 0 Å². The summed E-state index contributed by atoms with van der Waals surface area (Å²) in [6.45, 7) is 3.83. The van der Waals surface area contributed by atoms with Gasteiger partial charge in [0.25, 0.3) is 5.91 Å². The normalized spacial score (nSPS) is 16.2. The maximum absolute atomic E-state index is 13.4. The molecule has 0 aliphatic carbocycles. The summed E-state index contributed by atoms with van der Waals surface area (Å²) >= 11 is 0. The van der Waals surface area contributed by atoms with Gasteiger partial charge in [-0.05, 0) is 36.8 Å². The van der Waals surface area contributed by atoms with E-state index in [1.807, 2.05) is 23.1 Å². The van der Waals surface area contributed by atoms with Crippen molar-refractivity contribution in [3.05, 3.63) is 71.4 Å². The van der Waals surface area contributed by atoms with Crippen molar-refractivity contribution >= 4 is 41.6 Å². The Hall–Kier alpha value is -2.28. The Labute approximate surface area is 175 Å². The largest absolute Gasteiger partial charge is 0.329 e. The van der Waals surface area contributed by atoms with Crippen molar-refractivity contribution in [2.75, 3.05) is 19.6 Å². The standard InChI is InChI=1S/C20H19FN4O.2ClH/c1-13-17(9-14-4-5-16(21)10-18(14)24-13)20(26)25-8-7-23-12-19(25)15-3-2-6-22-11-15;;/h2-6,9-11,19,23H,7-8,12H2,1H3;2*1H. The molecule has 8 heteroatoms. The van der Waals surface area contributed by atoms with Gasteiger partial charge < -0.3 is 10.2 Å². The third-order valence-corrected chi connectivity index (χ3v) is 4.77. The lowest BCUT2D eigenvalue weighted by Crippen LogP contribution is -2.48. The Morgan fingerprint density at radius 2 is 2.07 bits per heavy atom. The zero-order valence-electron chi connectivity index (χ0n) is 15.3. The number of pyridine rings is 2. The Kier molecular flexibility index (Phi) is 7.29. The van der Waals surface area contributed by atoms with Gasteiger partial charge in [-0.1, -0.05) is 6.07 Å². The van der Waals surface area contributed by atoms with Crippen molar-refractivity contribution in [2.45, 2.75) is 13.0 Å². The van der Waals surface area contributed by atoms with Crippen molar-refractivity contribution in [3.63, 3.8) is 0 Å². The van der Waals surface area contributed by atoms with Crippen LogP contribution in [0, 0.1) is 12.7 Å². The first-order valence-electron chi connectivity index (χ1n) is 8.62. The predicted molar refractivity (Wildman–Crippen MR) is 112 cm³/mol. The molecule has 1 amide bonds. The number of amides is 1. The summed E-state index contributed by atoms with van der Waals surface area (Å²) in [5, 5.41) is 4.10. The highest BCUT2D eigenvalue weighted by Crippen LogP contribution is 2.26. The average Bonchev–Trinajstić information content (AvgIpc) is 2.67. The molecular weight excluding hydrogens is 402 g/mol. The van der Waals surface area contributed by atoms with Gasteiger partial charge in [-0.15, -0.1) is 24.8 Å². The quantitative estimate of drug-likeness (QED) is 0.683. The first-order chi connectivity index (χ1) is 12.6. The topological polar surface area (TPSA) is 58.1 Å². The summed E-state index contributed by atoms with van der Waals surface area (Å²) in [5.74, 6) is -0.390. The molecule has 1 saturated heterocycles. The van der Waals surface area contributed by atoms with Gasteiger partial charge in [0.2, 0.25) is 0 Å². The fourth-order valence-corrected chi connectivity index (χ4v) is 3.43. The molecule has 0 radical (unpaired) electrons. The minimum atomic E-state index is -0.331. The third kappa shape index (κ3) is 4.24. The van der Waals surface area contributed by atoms with Gasteiger partial charge in [-0.3, -0.25) is 14.8 Å². The molecule has 1 aromatic carbocycles. The zero-order chi connectivity index (χ0) is 18.1. The number of hydrogen-bond donors (Lipinski definition) is 1. The monoisotopic (exact) mass is 422 g/mol. The van der Waals surface area contributed by atoms with Crippen LogP contribution in [-0.2, 0) is 0 Å². The Morgan fingerprint density at radius 1 is 1.25 bits per heavy atom. The van der Waals surface area contributed by atoms with Crippen molar-refractivity contribution in [1.82, 2.24) is 20.2 Å². The summed E-state index contributed by atoms with van der Waals surface area (Å²) in [7, 11) is 0. The summed E-state index contributed by atoms with van der Waals surface area (Å²) in [4.78, 5) is 23.8. The second kappa shape index (κ2) is 9.28. The van der Waals surface area contributed by atoms with Gasteiger partial charge in [-0.2, -0.15) is 0 Å². The fraction of sp³-hybridized carbons (Fsp3) is 0.250. The number of piperazine rings is 1. The number of nitrogens with one attached hydrogen (secondary N) is 1. The van der Waals surface area contributed by atoms with E-state index in [4.69, 9.17) is 0 Å².